The van der Waals surface area contributed by atoms with E-state index < -0.39 is 0 Å². The van der Waals surface area contributed by atoms with Gasteiger partial charge in [0.2, 0.25) is 11.9 Å². The van der Waals surface area contributed by atoms with E-state index in [4.69, 9.17) is 4.98 Å². The van der Waals surface area contributed by atoms with E-state index in [0.29, 0.717) is 18.5 Å². The van der Waals surface area contributed by atoms with Crippen molar-refractivity contribution in [3.63, 3.8) is 0 Å². The molecule has 2 aromatic rings. The summed E-state index contributed by atoms with van der Waals surface area (Å²) in [6.07, 6.45) is 10.9. The molecule has 0 bridgehead atoms. The van der Waals surface area contributed by atoms with Crippen molar-refractivity contribution >= 4 is 29.0 Å². The van der Waals surface area contributed by atoms with Crippen LogP contribution in [0.15, 0.2) is 29.8 Å². The number of carbonyl (C=O) groups is 1. The summed E-state index contributed by atoms with van der Waals surface area (Å²) in [6.45, 7) is 6.10. The summed E-state index contributed by atoms with van der Waals surface area (Å²) in [5.74, 6) is 2.10. The molecular weight excluding hydrogens is 432 g/mol. The number of thiophene rings is 1. The minimum Gasteiger partial charge on any atom is -0.356 e. The van der Waals surface area contributed by atoms with Gasteiger partial charge < -0.3 is 15.1 Å². The van der Waals surface area contributed by atoms with Gasteiger partial charge in [-0.1, -0.05) is 18.9 Å². The summed E-state index contributed by atoms with van der Waals surface area (Å²) in [7, 11) is 0. The maximum Gasteiger partial charge on any atom is 0.227 e. The number of nitrogens with zero attached hydrogens (tertiary/aromatic N) is 5. The van der Waals surface area contributed by atoms with Crippen molar-refractivity contribution in [3.05, 3.63) is 34.7 Å². The molecule has 178 valence electrons. The number of aromatic nitrogens is 2. The van der Waals surface area contributed by atoms with Gasteiger partial charge in [0.1, 0.15) is 5.82 Å². The molecule has 3 saturated heterocycles. The van der Waals surface area contributed by atoms with Crippen molar-refractivity contribution < 1.29 is 4.79 Å². The Morgan fingerprint density at radius 3 is 2.61 bits per heavy atom. The van der Waals surface area contributed by atoms with Gasteiger partial charge >= 0.3 is 0 Å². The lowest BCUT2D eigenvalue weighted by Crippen LogP contribution is -2.46. The molecule has 1 unspecified atom stereocenters. The molecule has 0 saturated carbocycles. The number of anilines is 2. The van der Waals surface area contributed by atoms with Crippen LogP contribution >= 0.6 is 11.3 Å². The molecule has 7 nitrogen and oxygen atoms in total. The minimum absolute atomic E-state index is 0.276. The first-order chi connectivity index (χ1) is 16.2. The SMILES string of the molecule is O=C(Cc1cccs1)N1CCC(N2CCC(Nc3nccc(N4CCCCCC4)n3)C2)CC1. The maximum atomic E-state index is 12.6. The highest BCUT2D eigenvalue weighted by Crippen LogP contribution is 2.24. The molecular formula is C25H36N6OS. The third-order valence-corrected chi connectivity index (χ3v) is 8.24. The zero-order valence-electron chi connectivity index (χ0n) is 19.5. The number of rotatable bonds is 6. The van der Waals surface area contributed by atoms with E-state index in [9.17, 15) is 4.79 Å². The molecule has 8 heteroatoms. The summed E-state index contributed by atoms with van der Waals surface area (Å²) < 4.78 is 0. The number of carbonyl (C=O) groups excluding carboxylic acids is 1. The Labute approximate surface area is 201 Å². The predicted octanol–water partition coefficient (Wildman–Crippen LogP) is 3.64. The smallest absolute Gasteiger partial charge is 0.227 e. The molecule has 3 aliphatic rings. The van der Waals surface area contributed by atoms with Crippen LogP contribution in [0.4, 0.5) is 11.8 Å². The van der Waals surface area contributed by atoms with Crippen molar-refractivity contribution in [2.45, 2.75) is 63.5 Å². The average Bonchev–Trinajstić information content (AvgIpc) is 3.45. The number of nitrogens with one attached hydrogen (secondary N) is 1. The fraction of sp³-hybridized carbons (Fsp3) is 0.640. The molecule has 2 aromatic heterocycles. The third-order valence-electron chi connectivity index (χ3n) is 7.36. The van der Waals surface area contributed by atoms with Gasteiger partial charge in [0.15, 0.2) is 0 Å². The Bertz CT molecular complexity index is 890. The normalized spacial score (nSPS) is 23.0. The second-order valence-corrected chi connectivity index (χ2v) is 10.7. The molecule has 5 heterocycles. The number of piperidine rings is 1. The minimum atomic E-state index is 0.276. The molecule has 1 amide bonds. The van der Waals surface area contributed by atoms with Crippen LogP contribution in [-0.2, 0) is 11.2 Å². The molecule has 0 spiro atoms. The second kappa shape index (κ2) is 10.8. The molecule has 0 radical (unpaired) electrons. The fourth-order valence-corrected chi connectivity index (χ4v) is 6.16. The van der Waals surface area contributed by atoms with E-state index in [2.05, 4.69) is 31.1 Å². The van der Waals surface area contributed by atoms with E-state index >= 15 is 0 Å². The fourth-order valence-electron chi connectivity index (χ4n) is 5.47. The molecule has 3 aliphatic heterocycles. The summed E-state index contributed by atoms with van der Waals surface area (Å²) in [5, 5.41) is 5.65. The first kappa shape index (κ1) is 22.6. The zero-order chi connectivity index (χ0) is 22.5. The number of hydrogen-bond donors (Lipinski definition) is 1. The third kappa shape index (κ3) is 5.84. The quantitative estimate of drug-likeness (QED) is 0.698. The van der Waals surface area contributed by atoms with E-state index in [1.54, 1.807) is 11.3 Å². The van der Waals surface area contributed by atoms with Crippen LogP contribution in [0.1, 0.15) is 49.8 Å². The lowest BCUT2D eigenvalue weighted by Gasteiger charge is -2.36. The highest BCUT2D eigenvalue weighted by molar-refractivity contribution is 7.10. The lowest BCUT2D eigenvalue weighted by molar-refractivity contribution is -0.131. The molecule has 3 fully saturated rings. The predicted molar refractivity (Wildman–Crippen MR) is 134 cm³/mol. The number of amides is 1. The largest absolute Gasteiger partial charge is 0.356 e. The Morgan fingerprint density at radius 2 is 1.85 bits per heavy atom. The number of hydrogen-bond acceptors (Lipinski definition) is 7. The van der Waals surface area contributed by atoms with E-state index in [-0.39, 0.29) is 5.91 Å². The van der Waals surface area contributed by atoms with Gasteiger partial charge in [-0.25, -0.2) is 4.98 Å². The highest BCUT2D eigenvalue weighted by atomic mass is 32.1. The molecule has 33 heavy (non-hydrogen) atoms. The standard InChI is InChI=1S/C25H36N6OS/c32-24(18-22-6-5-17-33-22)30-15-9-21(10-16-30)31-14-8-20(19-31)27-25-26-11-7-23(28-25)29-12-3-1-2-4-13-29/h5-7,11,17,20-21H,1-4,8-10,12-16,18-19H2,(H,26,27,28). The van der Waals surface area contributed by atoms with Crippen LogP contribution in [-0.4, -0.2) is 77.0 Å². The molecule has 5 rings (SSSR count). The summed E-state index contributed by atoms with van der Waals surface area (Å²) in [5.41, 5.74) is 0. The van der Waals surface area contributed by atoms with Crippen molar-refractivity contribution in [1.82, 2.24) is 19.8 Å². The summed E-state index contributed by atoms with van der Waals surface area (Å²) >= 11 is 1.67. The van der Waals surface area contributed by atoms with Crippen LogP contribution in [0.3, 0.4) is 0 Å². The topological polar surface area (TPSA) is 64.6 Å². The monoisotopic (exact) mass is 468 g/mol. The van der Waals surface area contributed by atoms with Crippen LogP contribution < -0.4 is 10.2 Å². The molecule has 0 aliphatic carbocycles. The Morgan fingerprint density at radius 1 is 1.03 bits per heavy atom. The van der Waals surface area contributed by atoms with Crippen LogP contribution in [0.25, 0.3) is 0 Å². The first-order valence-corrected chi connectivity index (χ1v) is 13.5. The van der Waals surface area contributed by atoms with Crippen molar-refractivity contribution in [2.75, 3.05) is 49.5 Å². The van der Waals surface area contributed by atoms with Gasteiger partial charge in [0, 0.05) is 62.4 Å². The van der Waals surface area contributed by atoms with Gasteiger partial charge in [-0.2, -0.15) is 4.98 Å². The zero-order valence-corrected chi connectivity index (χ0v) is 20.3. The van der Waals surface area contributed by atoms with E-state index in [0.717, 1.165) is 75.2 Å². The molecule has 1 atom stereocenters. The van der Waals surface area contributed by atoms with Gasteiger partial charge in [-0.05, 0) is 49.6 Å². The van der Waals surface area contributed by atoms with Crippen molar-refractivity contribution in [1.29, 1.82) is 0 Å². The molecule has 0 aromatic carbocycles. The second-order valence-electron chi connectivity index (χ2n) is 9.63. The van der Waals surface area contributed by atoms with Crippen molar-refractivity contribution in [3.8, 4) is 0 Å². The summed E-state index contributed by atoms with van der Waals surface area (Å²) in [6, 6.07) is 7.09. The van der Waals surface area contributed by atoms with Crippen molar-refractivity contribution in [2.24, 2.45) is 0 Å². The Kier molecular flexibility index (Phi) is 7.41. The lowest BCUT2D eigenvalue weighted by atomic mass is 10.0. The maximum absolute atomic E-state index is 12.6. The Hall–Kier alpha value is -2.19. The van der Waals surface area contributed by atoms with Gasteiger partial charge in [-0.15, -0.1) is 11.3 Å². The molecule has 1 N–H and O–H groups in total. The van der Waals surface area contributed by atoms with Crippen LogP contribution in [0.5, 0.6) is 0 Å². The number of likely N-dealkylation sites (tertiary alicyclic amines) is 2. The first-order valence-electron chi connectivity index (χ1n) is 12.6. The van der Waals surface area contributed by atoms with E-state index in [1.807, 2.05) is 23.7 Å². The van der Waals surface area contributed by atoms with Gasteiger partial charge in [0.05, 0.1) is 6.42 Å². The van der Waals surface area contributed by atoms with E-state index in [1.165, 1.54) is 25.7 Å². The van der Waals surface area contributed by atoms with Crippen LogP contribution in [0.2, 0.25) is 0 Å². The highest BCUT2D eigenvalue weighted by Gasteiger charge is 2.32. The van der Waals surface area contributed by atoms with Gasteiger partial charge in [0.25, 0.3) is 0 Å². The van der Waals surface area contributed by atoms with Gasteiger partial charge in [-0.3, -0.25) is 9.69 Å². The summed E-state index contributed by atoms with van der Waals surface area (Å²) in [4.78, 5) is 30.2. The average molecular weight is 469 g/mol. The van der Waals surface area contributed by atoms with Crippen LogP contribution in [0, 0.1) is 0 Å². The Balaban J connectivity index is 1.09.